The smallest absolute Gasteiger partial charge is 0.312 e. The Morgan fingerprint density at radius 1 is 1.21 bits per heavy atom. The minimum Gasteiger partial charge on any atom is -0.460 e. The third-order valence-corrected chi connectivity index (χ3v) is 5.83. The zero-order valence-corrected chi connectivity index (χ0v) is 15.5. The first-order valence-corrected chi connectivity index (χ1v) is 8.74. The SMILES string of the molecule is CC(=O)N1C(C)(C)O[C@H]2C[C@@]3(C(=O)OC(C)(C)C)CC[C@]21[C@H](O)C3. The summed E-state index contributed by atoms with van der Waals surface area (Å²) in [4.78, 5) is 26.8. The van der Waals surface area contributed by atoms with E-state index in [4.69, 9.17) is 9.47 Å². The van der Waals surface area contributed by atoms with Gasteiger partial charge in [0.15, 0.2) is 0 Å². The van der Waals surface area contributed by atoms with E-state index in [1.165, 1.54) is 6.92 Å². The van der Waals surface area contributed by atoms with Gasteiger partial charge in [0.2, 0.25) is 5.91 Å². The van der Waals surface area contributed by atoms with E-state index >= 15 is 0 Å². The molecule has 6 heteroatoms. The lowest BCUT2D eigenvalue weighted by Crippen LogP contribution is -2.71. The van der Waals surface area contributed by atoms with Gasteiger partial charge in [-0.25, -0.2) is 0 Å². The van der Waals surface area contributed by atoms with Gasteiger partial charge < -0.3 is 19.5 Å². The van der Waals surface area contributed by atoms with Gasteiger partial charge in [0, 0.05) is 6.92 Å². The van der Waals surface area contributed by atoms with E-state index in [2.05, 4.69) is 0 Å². The average Bonchev–Trinajstić information content (AvgIpc) is 2.62. The van der Waals surface area contributed by atoms with Crippen molar-refractivity contribution in [2.24, 2.45) is 5.41 Å². The maximum atomic E-state index is 12.8. The molecule has 0 radical (unpaired) electrons. The van der Waals surface area contributed by atoms with Crippen LogP contribution in [-0.4, -0.2) is 51.0 Å². The topological polar surface area (TPSA) is 76.1 Å². The molecule has 1 amide bonds. The summed E-state index contributed by atoms with van der Waals surface area (Å²) in [6.45, 7) is 10.8. The number of fused-ring (bicyclic) bond motifs is 2. The van der Waals surface area contributed by atoms with E-state index in [9.17, 15) is 14.7 Å². The van der Waals surface area contributed by atoms with Crippen LogP contribution in [0.2, 0.25) is 0 Å². The third kappa shape index (κ3) is 2.30. The minimum absolute atomic E-state index is 0.104. The van der Waals surface area contributed by atoms with Crippen LogP contribution < -0.4 is 0 Å². The molecule has 2 bridgehead atoms. The molecule has 0 unspecified atom stereocenters. The standard InChI is InChI=1S/C18H29NO5/c1-11(20)19-16(5,6)23-13-10-17(14(22)24-15(2,3)4)7-8-18(13,19)12(21)9-17/h12-13,21H,7-10H2,1-6H3/t12-,13+,17-,18+/m1/s1. The highest BCUT2D eigenvalue weighted by atomic mass is 16.6. The van der Waals surface area contributed by atoms with Crippen LogP contribution in [0.25, 0.3) is 0 Å². The molecule has 136 valence electrons. The largest absolute Gasteiger partial charge is 0.460 e. The summed E-state index contributed by atoms with van der Waals surface area (Å²) in [6.07, 6.45) is 0.845. The highest BCUT2D eigenvalue weighted by molar-refractivity contribution is 5.80. The molecule has 1 aliphatic heterocycles. The van der Waals surface area contributed by atoms with Crippen molar-refractivity contribution in [1.82, 2.24) is 4.90 Å². The summed E-state index contributed by atoms with van der Waals surface area (Å²) in [5, 5.41) is 10.9. The van der Waals surface area contributed by atoms with Crippen molar-refractivity contribution in [1.29, 1.82) is 0 Å². The zero-order valence-electron chi connectivity index (χ0n) is 15.5. The number of carbonyl (C=O) groups is 2. The molecule has 4 aliphatic rings. The maximum absolute atomic E-state index is 12.8. The predicted octanol–water partition coefficient (Wildman–Crippen LogP) is 1.99. The molecule has 3 saturated carbocycles. The number of aliphatic hydroxyl groups excluding tert-OH is 1. The van der Waals surface area contributed by atoms with Gasteiger partial charge in [0.1, 0.15) is 11.3 Å². The van der Waals surface area contributed by atoms with Crippen LogP contribution in [0.3, 0.4) is 0 Å². The zero-order chi connectivity index (χ0) is 18.1. The first-order chi connectivity index (χ1) is 10.8. The number of ether oxygens (including phenoxy) is 2. The molecule has 1 saturated heterocycles. The van der Waals surface area contributed by atoms with Gasteiger partial charge in [-0.15, -0.1) is 0 Å². The second-order valence-corrected chi connectivity index (χ2v) is 9.11. The van der Waals surface area contributed by atoms with Crippen molar-refractivity contribution in [2.45, 2.75) is 96.3 Å². The lowest BCUT2D eigenvalue weighted by molar-refractivity contribution is -0.196. The van der Waals surface area contributed by atoms with Crippen molar-refractivity contribution in [3.8, 4) is 0 Å². The van der Waals surface area contributed by atoms with Gasteiger partial charge in [-0.05, 0) is 60.3 Å². The van der Waals surface area contributed by atoms with Crippen molar-refractivity contribution in [3.05, 3.63) is 0 Å². The average molecular weight is 339 g/mol. The normalized spacial score (nSPS) is 40.4. The van der Waals surface area contributed by atoms with Gasteiger partial charge in [0.05, 0.1) is 23.2 Å². The highest BCUT2D eigenvalue weighted by Gasteiger charge is 2.71. The molecule has 24 heavy (non-hydrogen) atoms. The number of rotatable bonds is 1. The van der Waals surface area contributed by atoms with E-state index in [1.54, 1.807) is 4.90 Å². The van der Waals surface area contributed by atoms with Gasteiger partial charge in [-0.2, -0.15) is 0 Å². The summed E-state index contributed by atoms with van der Waals surface area (Å²) in [7, 11) is 0. The summed E-state index contributed by atoms with van der Waals surface area (Å²) in [6, 6.07) is 0. The molecule has 1 heterocycles. The Labute approximate surface area is 143 Å². The Hall–Kier alpha value is -1.14. The van der Waals surface area contributed by atoms with Crippen molar-refractivity contribution in [2.75, 3.05) is 0 Å². The Balaban J connectivity index is 1.96. The van der Waals surface area contributed by atoms with E-state index < -0.39 is 28.4 Å². The van der Waals surface area contributed by atoms with Gasteiger partial charge in [-0.3, -0.25) is 9.59 Å². The molecule has 6 nitrogen and oxygen atoms in total. The molecule has 4 fully saturated rings. The Kier molecular flexibility index (Phi) is 3.64. The molecule has 0 aromatic heterocycles. The molecule has 0 aromatic carbocycles. The van der Waals surface area contributed by atoms with Crippen molar-refractivity contribution >= 4 is 11.9 Å². The Bertz CT molecular complexity index is 580. The molecular weight excluding hydrogens is 310 g/mol. The van der Waals surface area contributed by atoms with Crippen molar-refractivity contribution in [3.63, 3.8) is 0 Å². The fraction of sp³-hybridized carbons (Fsp3) is 0.889. The number of aliphatic hydroxyl groups is 1. The van der Waals surface area contributed by atoms with Crippen LogP contribution in [0.15, 0.2) is 0 Å². The first-order valence-electron chi connectivity index (χ1n) is 8.74. The molecule has 0 aromatic rings. The monoisotopic (exact) mass is 339 g/mol. The Morgan fingerprint density at radius 3 is 2.33 bits per heavy atom. The van der Waals surface area contributed by atoms with Crippen LogP contribution in [-0.2, 0) is 19.1 Å². The van der Waals surface area contributed by atoms with E-state index in [1.807, 2.05) is 34.6 Å². The number of esters is 1. The first kappa shape index (κ1) is 17.7. The van der Waals surface area contributed by atoms with Crippen molar-refractivity contribution < 1.29 is 24.2 Å². The van der Waals surface area contributed by atoms with E-state index in [0.717, 1.165) is 0 Å². The minimum atomic E-state index is -0.789. The van der Waals surface area contributed by atoms with Crippen LogP contribution >= 0.6 is 0 Å². The van der Waals surface area contributed by atoms with Gasteiger partial charge in [-0.1, -0.05) is 0 Å². The number of nitrogens with zero attached hydrogens (tertiary/aromatic N) is 1. The number of hydrogen-bond acceptors (Lipinski definition) is 5. The van der Waals surface area contributed by atoms with Crippen LogP contribution in [0.4, 0.5) is 0 Å². The fourth-order valence-corrected chi connectivity index (χ4v) is 5.13. The quantitative estimate of drug-likeness (QED) is 0.739. The van der Waals surface area contributed by atoms with Crippen LogP contribution in [0.1, 0.15) is 67.2 Å². The third-order valence-electron chi connectivity index (χ3n) is 5.83. The summed E-state index contributed by atoms with van der Waals surface area (Å²) >= 11 is 0. The molecule has 4 rings (SSSR count). The molecule has 4 atom stereocenters. The summed E-state index contributed by atoms with van der Waals surface area (Å²) in [5.74, 6) is -0.363. The molecule has 1 spiro atoms. The number of amides is 1. The number of carbonyl (C=O) groups excluding carboxylic acids is 2. The summed E-state index contributed by atoms with van der Waals surface area (Å²) < 4.78 is 11.8. The van der Waals surface area contributed by atoms with E-state index in [-0.39, 0.29) is 18.0 Å². The number of hydrogen-bond donors (Lipinski definition) is 1. The highest BCUT2D eigenvalue weighted by Crippen LogP contribution is 2.61. The second-order valence-electron chi connectivity index (χ2n) is 9.11. The van der Waals surface area contributed by atoms with Crippen LogP contribution in [0, 0.1) is 5.41 Å². The lowest BCUT2D eigenvalue weighted by Gasteiger charge is -2.58. The van der Waals surface area contributed by atoms with Gasteiger partial charge >= 0.3 is 5.97 Å². The second kappa shape index (κ2) is 4.94. The van der Waals surface area contributed by atoms with E-state index in [0.29, 0.717) is 25.7 Å². The fourth-order valence-electron chi connectivity index (χ4n) is 5.13. The maximum Gasteiger partial charge on any atom is 0.312 e. The molecular formula is C18H29NO5. The molecule has 3 aliphatic carbocycles. The Morgan fingerprint density at radius 2 is 1.83 bits per heavy atom. The summed E-state index contributed by atoms with van der Waals surface area (Å²) in [5.41, 5.74) is -2.79. The predicted molar refractivity (Wildman–Crippen MR) is 87.0 cm³/mol. The lowest BCUT2D eigenvalue weighted by atomic mass is 9.54. The van der Waals surface area contributed by atoms with Gasteiger partial charge in [0.25, 0.3) is 0 Å². The van der Waals surface area contributed by atoms with Crippen LogP contribution in [0.5, 0.6) is 0 Å². The molecule has 1 N–H and O–H groups in total.